The molecule has 0 saturated heterocycles. The van der Waals surface area contributed by atoms with E-state index >= 15 is 0 Å². The summed E-state index contributed by atoms with van der Waals surface area (Å²) < 4.78 is 7.22. The van der Waals surface area contributed by atoms with E-state index < -0.39 is 6.04 Å². The Labute approximate surface area is 131 Å². The number of rotatable bonds is 7. The Morgan fingerprint density at radius 1 is 1.36 bits per heavy atom. The smallest absolute Gasteiger partial charge is 0.323 e. The Morgan fingerprint density at radius 3 is 2.77 bits per heavy atom. The molecule has 0 spiro atoms. The summed E-state index contributed by atoms with van der Waals surface area (Å²) in [5.41, 5.74) is 8.23. The molecule has 2 aromatic rings. The molecular formula is C17H25N3O2. The third kappa shape index (κ3) is 3.87. The van der Waals surface area contributed by atoms with Gasteiger partial charge in [-0.25, -0.2) is 0 Å². The molecule has 0 bridgehead atoms. The van der Waals surface area contributed by atoms with Crippen LogP contribution in [0, 0.1) is 0 Å². The second-order valence-corrected chi connectivity index (χ2v) is 5.73. The zero-order valence-electron chi connectivity index (χ0n) is 13.6. The molecular weight excluding hydrogens is 278 g/mol. The fourth-order valence-corrected chi connectivity index (χ4v) is 2.55. The van der Waals surface area contributed by atoms with E-state index in [1.165, 1.54) is 5.52 Å². The van der Waals surface area contributed by atoms with E-state index in [0.717, 1.165) is 24.0 Å². The zero-order valence-corrected chi connectivity index (χ0v) is 13.6. The summed E-state index contributed by atoms with van der Waals surface area (Å²) in [6, 6.07) is 7.61. The van der Waals surface area contributed by atoms with Crippen molar-refractivity contribution in [2.24, 2.45) is 5.73 Å². The molecule has 120 valence electrons. The first kappa shape index (κ1) is 16.5. The first-order chi connectivity index (χ1) is 10.5. The summed E-state index contributed by atoms with van der Waals surface area (Å²) in [4.78, 5) is 13.9. The van der Waals surface area contributed by atoms with Crippen molar-refractivity contribution in [1.29, 1.82) is 0 Å². The fraction of sp³-hybridized carbons (Fsp3) is 0.471. The molecule has 0 aliphatic rings. The van der Waals surface area contributed by atoms with E-state index in [9.17, 15) is 4.79 Å². The van der Waals surface area contributed by atoms with Gasteiger partial charge in [0, 0.05) is 36.6 Å². The minimum atomic E-state index is -0.618. The average molecular weight is 303 g/mol. The fourth-order valence-electron chi connectivity index (χ4n) is 2.55. The number of benzene rings is 1. The summed E-state index contributed by atoms with van der Waals surface area (Å²) in [6.07, 6.45) is 2.60. The number of nitrogens with zero attached hydrogens (tertiary/aromatic N) is 2. The molecule has 0 radical (unpaired) electrons. The molecule has 1 aromatic heterocycles. The number of aromatic nitrogens is 1. The Morgan fingerprint density at radius 2 is 2.09 bits per heavy atom. The van der Waals surface area contributed by atoms with Gasteiger partial charge in [0.05, 0.1) is 6.61 Å². The largest absolute Gasteiger partial charge is 0.465 e. The molecule has 5 heteroatoms. The van der Waals surface area contributed by atoms with Crippen LogP contribution in [0.15, 0.2) is 30.5 Å². The molecule has 2 N–H and O–H groups in total. The third-order valence-electron chi connectivity index (χ3n) is 3.69. The minimum absolute atomic E-state index is 0.340. The van der Waals surface area contributed by atoms with Gasteiger partial charge in [-0.05, 0) is 32.6 Å². The second-order valence-electron chi connectivity index (χ2n) is 5.73. The maximum atomic E-state index is 11.7. The molecule has 0 fully saturated rings. The molecule has 0 aliphatic heterocycles. The van der Waals surface area contributed by atoms with Crippen molar-refractivity contribution in [3.05, 3.63) is 36.0 Å². The number of fused-ring (bicyclic) bond motifs is 1. The van der Waals surface area contributed by atoms with Crippen LogP contribution in [0.2, 0.25) is 0 Å². The summed E-state index contributed by atoms with van der Waals surface area (Å²) >= 11 is 0. The van der Waals surface area contributed by atoms with Crippen LogP contribution in [-0.2, 0) is 22.5 Å². The van der Waals surface area contributed by atoms with Crippen LogP contribution in [0.1, 0.15) is 12.5 Å². The molecule has 2 rings (SSSR count). The van der Waals surface area contributed by atoms with Gasteiger partial charge in [-0.15, -0.1) is 0 Å². The van der Waals surface area contributed by atoms with Crippen molar-refractivity contribution in [3.63, 3.8) is 0 Å². The molecule has 0 aliphatic carbocycles. The number of esters is 1. The summed E-state index contributed by atoms with van der Waals surface area (Å²) in [5, 5.41) is 1.15. The lowest BCUT2D eigenvalue weighted by atomic mass is 10.1. The maximum absolute atomic E-state index is 11.7. The van der Waals surface area contributed by atoms with Gasteiger partial charge in [-0.1, -0.05) is 18.2 Å². The van der Waals surface area contributed by atoms with Crippen molar-refractivity contribution in [2.45, 2.75) is 25.9 Å². The Bertz CT molecular complexity index is 634. The highest BCUT2D eigenvalue weighted by molar-refractivity contribution is 5.85. The molecule has 22 heavy (non-hydrogen) atoms. The number of para-hydroxylation sites is 1. The van der Waals surface area contributed by atoms with Gasteiger partial charge in [0.1, 0.15) is 6.04 Å². The van der Waals surface area contributed by atoms with E-state index in [1.54, 1.807) is 6.92 Å². The second kappa shape index (κ2) is 7.42. The lowest BCUT2D eigenvalue weighted by Crippen LogP contribution is -2.34. The van der Waals surface area contributed by atoms with Crippen LogP contribution in [-0.4, -0.2) is 48.7 Å². The number of carbonyl (C=O) groups excluding carboxylic acids is 1. The van der Waals surface area contributed by atoms with Crippen molar-refractivity contribution >= 4 is 16.9 Å². The average Bonchev–Trinajstić information content (AvgIpc) is 2.83. The number of carbonyl (C=O) groups is 1. The van der Waals surface area contributed by atoms with Crippen molar-refractivity contribution in [3.8, 4) is 0 Å². The predicted octanol–water partition coefficient (Wildman–Crippen LogP) is 1.64. The van der Waals surface area contributed by atoms with Gasteiger partial charge in [-0.3, -0.25) is 4.79 Å². The van der Waals surface area contributed by atoms with Crippen LogP contribution < -0.4 is 5.73 Å². The number of nitrogens with two attached hydrogens (primary N) is 1. The van der Waals surface area contributed by atoms with Crippen molar-refractivity contribution < 1.29 is 9.53 Å². The van der Waals surface area contributed by atoms with Crippen LogP contribution in [0.3, 0.4) is 0 Å². The Balaban J connectivity index is 2.24. The lowest BCUT2D eigenvalue weighted by Gasteiger charge is -2.11. The number of ether oxygens (including phenoxy) is 1. The maximum Gasteiger partial charge on any atom is 0.323 e. The van der Waals surface area contributed by atoms with Gasteiger partial charge in [-0.2, -0.15) is 0 Å². The van der Waals surface area contributed by atoms with Gasteiger partial charge in [0.25, 0.3) is 0 Å². The first-order valence-corrected chi connectivity index (χ1v) is 7.66. The van der Waals surface area contributed by atoms with Gasteiger partial charge >= 0.3 is 5.97 Å². The number of hydrogen-bond acceptors (Lipinski definition) is 4. The molecule has 0 saturated carbocycles. The molecule has 1 aromatic carbocycles. The Kier molecular flexibility index (Phi) is 5.57. The quantitative estimate of drug-likeness (QED) is 0.790. The standard InChI is InChI=1S/C17H25N3O2/c1-4-22-17(21)15(18)11-13-12-20(10-9-19(2)3)16-8-6-5-7-14(13)16/h5-8,12,15H,4,9-11,18H2,1-3H3. The third-order valence-corrected chi connectivity index (χ3v) is 3.69. The predicted molar refractivity (Wildman–Crippen MR) is 88.8 cm³/mol. The van der Waals surface area contributed by atoms with Gasteiger partial charge in [0.2, 0.25) is 0 Å². The highest BCUT2D eigenvalue weighted by Gasteiger charge is 2.18. The summed E-state index contributed by atoms with van der Waals surface area (Å²) in [6.45, 7) is 4.01. The van der Waals surface area contributed by atoms with E-state index in [4.69, 9.17) is 10.5 Å². The van der Waals surface area contributed by atoms with E-state index in [2.05, 4.69) is 41.9 Å². The topological polar surface area (TPSA) is 60.5 Å². The molecule has 5 nitrogen and oxygen atoms in total. The van der Waals surface area contributed by atoms with E-state index in [1.807, 2.05) is 12.1 Å². The van der Waals surface area contributed by atoms with Crippen molar-refractivity contribution in [1.82, 2.24) is 9.47 Å². The molecule has 1 atom stereocenters. The molecule has 1 heterocycles. The lowest BCUT2D eigenvalue weighted by molar-refractivity contribution is -0.144. The highest BCUT2D eigenvalue weighted by Crippen LogP contribution is 2.22. The van der Waals surface area contributed by atoms with E-state index in [-0.39, 0.29) is 5.97 Å². The number of likely N-dealkylation sites (N-methyl/N-ethyl adjacent to an activating group) is 1. The van der Waals surface area contributed by atoms with Crippen LogP contribution in [0.4, 0.5) is 0 Å². The minimum Gasteiger partial charge on any atom is -0.465 e. The zero-order chi connectivity index (χ0) is 16.1. The summed E-state index contributed by atoms with van der Waals surface area (Å²) in [5.74, 6) is -0.340. The highest BCUT2D eigenvalue weighted by atomic mass is 16.5. The van der Waals surface area contributed by atoms with Crippen LogP contribution in [0.5, 0.6) is 0 Å². The summed E-state index contributed by atoms with van der Waals surface area (Å²) in [7, 11) is 4.12. The van der Waals surface area contributed by atoms with Crippen LogP contribution >= 0.6 is 0 Å². The normalized spacial score (nSPS) is 12.8. The van der Waals surface area contributed by atoms with E-state index in [0.29, 0.717) is 13.0 Å². The van der Waals surface area contributed by atoms with Crippen molar-refractivity contribution in [2.75, 3.05) is 27.2 Å². The monoisotopic (exact) mass is 303 g/mol. The van der Waals surface area contributed by atoms with Gasteiger partial charge in [0.15, 0.2) is 0 Å². The molecule has 0 amide bonds. The number of hydrogen-bond donors (Lipinski definition) is 1. The Hall–Kier alpha value is -1.85. The van der Waals surface area contributed by atoms with Gasteiger partial charge < -0.3 is 19.9 Å². The molecule has 1 unspecified atom stereocenters. The first-order valence-electron chi connectivity index (χ1n) is 7.66. The SMILES string of the molecule is CCOC(=O)C(N)Cc1cn(CCN(C)C)c2ccccc12. The van der Waals surface area contributed by atoms with Crippen LogP contribution in [0.25, 0.3) is 10.9 Å².